The Hall–Kier alpha value is -1.17. The molecule has 1 aromatic carbocycles. The van der Waals surface area contributed by atoms with Gasteiger partial charge in [0, 0.05) is 16.1 Å². The van der Waals surface area contributed by atoms with E-state index in [-0.39, 0.29) is 10.9 Å². The Kier molecular flexibility index (Phi) is 2.37. The molecule has 0 amide bonds. The minimum Gasteiger partial charge on any atom is -0.733 e. The Labute approximate surface area is 88.5 Å². The van der Waals surface area contributed by atoms with E-state index in [9.17, 15) is 5.21 Å². The van der Waals surface area contributed by atoms with Crippen molar-refractivity contribution in [3.8, 4) is 0 Å². The van der Waals surface area contributed by atoms with Gasteiger partial charge in [0.1, 0.15) is 0 Å². The lowest BCUT2D eigenvalue weighted by Crippen LogP contribution is -2.06. The third kappa shape index (κ3) is 1.57. The van der Waals surface area contributed by atoms with Crippen molar-refractivity contribution in [2.45, 2.75) is 0 Å². The number of rotatable bonds is 1. The summed E-state index contributed by atoms with van der Waals surface area (Å²) in [5, 5.41) is 20.0. The average molecular weight is 254 g/mol. The standard InChI is InChI=1S/C9H6BrN2O2/c10-8-5-7(12(13)14)4-6-2-1-3-11-9(6)8/h1-5,13H/q-1. The zero-order valence-electron chi connectivity index (χ0n) is 7.01. The molecule has 2 rings (SSSR count). The molecule has 0 unspecified atom stereocenters. The first-order chi connectivity index (χ1) is 6.68. The van der Waals surface area contributed by atoms with Crippen LogP contribution in [0.2, 0.25) is 0 Å². The van der Waals surface area contributed by atoms with Crippen LogP contribution in [0.1, 0.15) is 0 Å². The van der Waals surface area contributed by atoms with Crippen LogP contribution >= 0.6 is 15.9 Å². The zero-order valence-corrected chi connectivity index (χ0v) is 8.60. The molecule has 1 heterocycles. The van der Waals surface area contributed by atoms with Gasteiger partial charge in [-0.25, -0.2) is 0 Å². The third-order valence-corrected chi connectivity index (χ3v) is 2.47. The fourth-order valence-corrected chi connectivity index (χ4v) is 1.81. The van der Waals surface area contributed by atoms with Gasteiger partial charge < -0.3 is 10.4 Å². The van der Waals surface area contributed by atoms with Crippen molar-refractivity contribution in [2.75, 3.05) is 5.23 Å². The minimum atomic E-state index is -0.169. The van der Waals surface area contributed by atoms with Crippen LogP contribution in [0.4, 0.5) is 5.69 Å². The molecule has 5 heteroatoms. The van der Waals surface area contributed by atoms with Crippen LogP contribution in [0.15, 0.2) is 34.9 Å². The zero-order chi connectivity index (χ0) is 10.1. The van der Waals surface area contributed by atoms with Crippen molar-refractivity contribution in [1.29, 1.82) is 0 Å². The van der Waals surface area contributed by atoms with Crippen LogP contribution in [-0.2, 0) is 0 Å². The number of anilines is 1. The maximum absolute atomic E-state index is 10.7. The van der Waals surface area contributed by atoms with Crippen LogP contribution in [0.5, 0.6) is 0 Å². The van der Waals surface area contributed by atoms with Crippen LogP contribution in [0.3, 0.4) is 0 Å². The van der Waals surface area contributed by atoms with Gasteiger partial charge in [0.05, 0.1) is 11.2 Å². The van der Waals surface area contributed by atoms with E-state index >= 15 is 0 Å². The number of halogens is 1. The molecule has 0 saturated carbocycles. The smallest absolute Gasteiger partial charge is 0.0845 e. The predicted octanol–water partition coefficient (Wildman–Crippen LogP) is 2.69. The highest BCUT2D eigenvalue weighted by Crippen LogP contribution is 2.27. The lowest BCUT2D eigenvalue weighted by molar-refractivity contribution is 0.296. The number of hydrogen-bond donors (Lipinski definition) is 1. The molecule has 0 saturated heterocycles. The number of benzene rings is 1. The van der Waals surface area contributed by atoms with Gasteiger partial charge in [-0.3, -0.25) is 10.2 Å². The summed E-state index contributed by atoms with van der Waals surface area (Å²) in [5.74, 6) is 0. The number of nitrogens with zero attached hydrogens (tertiary/aromatic N) is 2. The van der Waals surface area contributed by atoms with E-state index in [0.717, 1.165) is 10.9 Å². The van der Waals surface area contributed by atoms with Gasteiger partial charge in [0.2, 0.25) is 0 Å². The summed E-state index contributed by atoms with van der Waals surface area (Å²) < 4.78 is 0.681. The summed E-state index contributed by atoms with van der Waals surface area (Å²) in [4.78, 5) is 4.13. The molecule has 0 radical (unpaired) electrons. The SMILES string of the molecule is [O-]N(O)c1cc(Br)c2ncccc2c1. The second-order valence-corrected chi connectivity index (χ2v) is 3.63. The van der Waals surface area contributed by atoms with Crippen LogP contribution < -0.4 is 5.23 Å². The van der Waals surface area contributed by atoms with Crippen molar-refractivity contribution in [3.63, 3.8) is 0 Å². The van der Waals surface area contributed by atoms with Crippen molar-refractivity contribution >= 4 is 32.5 Å². The fourth-order valence-electron chi connectivity index (χ4n) is 1.24. The Morgan fingerprint density at radius 2 is 2.21 bits per heavy atom. The van der Waals surface area contributed by atoms with Gasteiger partial charge in [-0.2, -0.15) is 0 Å². The second kappa shape index (κ2) is 3.53. The minimum absolute atomic E-state index is 0.169. The molecule has 0 atom stereocenters. The maximum atomic E-state index is 10.7. The van der Waals surface area contributed by atoms with Gasteiger partial charge >= 0.3 is 0 Å². The van der Waals surface area contributed by atoms with Crippen molar-refractivity contribution in [3.05, 3.63) is 40.1 Å². The van der Waals surface area contributed by atoms with Gasteiger partial charge in [0.15, 0.2) is 0 Å². The summed E-state index contributed by atoms with van der Waals surface area (Å²) in [6.45, 7) is 0. The van der Waals surface area contributed by atoms with Gasteiger partial charge in [-0.1, -0.05) is 6.07 Å². The molecule has 1 N–H and O–H groups in total. The van der Waals surface area contributed by atoms with E-state index in [2.05, 4.69) is 20.9 Å². The molecule has 1 aromatic heterocycles. The highest BCUT2D eigenvalue weighted by Gasteiger charge is 2.02. The largest absolute Gasteiger partial charge is 0.733 e. The normalized spacial score (nSPS) is 10.5. The second-order valence-electron chi connectivity index (χ2n) is 2.78. The molecule has 0 aliphatic heterocycles. The molecule has 2 aromatic rings. The fraction of sp³-hybridized carbons (Fsp3) is 0. The van der Waals surface area contributed by atoms with Crippen LogP contribution in [0, 0.1) is 5.21 Å². The van der Waals surface area contributed by atoms with E-state index < -0.39 is 0 Å². The summed E-state index contributed by atoms with van der Waals surface area (Å²) in [7, 11) is 0. The van der Waals surface area contributed by atoms with Crippen molar-refractivity contribution in [2.24, 2.45) is 0 Å². The molecular formula is C9H6BrN2O2-. The molecule has 0 spiro atoms. The van der Waals surface area contributed by atoms with Gasteiger partial charge in [0.25, 0.3) is 0 Å². The summed E-state index contributed by atoms with van der Waals surface area (Å²) in [6, 6.07) is 6.67. The molecule has 0 bridgehead atoms. The monoisotopic (exact) mass is 253 g/mol. The summed E-state index contributed by atoms with van der Waals surface area (Å²) in [5.41, 5.74) is 0.940. The molecular weight excluding hydrogens is 248 g/mol. The Balaban J connectivity index is 2.72. The van der Waals surface area contributed by atoms with Crippen LogP contribution in [-0.4, -0.2) is 10.2 Å². The average Bonchev–Trinajstić information content (AvgIpc) is 2.17. The lowest BCUT2D eigenvalue weighted by Gasteiger charge is -2.22. The van der Waals surface area contributed by atoms with E-state index in [1.165, 1.54) is 6.07 Å². The third-order valence-electron chi connectivity index (χ3n) is 1.86. The van der Waals surface area contributed by atoms with E-state index in [0.29, 0.717) is 4.47 Å². The molecule has 72 valence electrons. The number of aromatic nitrogens is 1. The molecule has 0 aliphatic carbocycles. The quantitative estimate of drug-likeness (QED) is 0.795. The van der Waals surface area contributed by atoms with Gasteiger partial charge in [-0.15, -0.1) is 0 Å². The Morgan fingerprint density at radius 3 is 2.93 bits per heavy atom. The van der Waals surface area contributed by atoms with Gasteiger partial charge in [-0.05, 0) is 34.1 Å². The Morgan fingerprint density at radius 1 is 1.43 bits per heavy atom. The number of hydrogen-bond acceptors (Lipinski definition) is 4. The highest BCUT2D eigenvalue weighted by molar-refractivity contribution is 9.10. The molecule has 0 aliphatic rings. The predicted molar refractivity (Wildman–Crippen MR) is 57.1 cm³/mol. The van der Waals surface area contributed by atoms with Crippen molar-refractivity contribution in [1.82, 2.24) is 4.98 Å². The lowest BCUT2D eigenvalue weighted by atomic mass is 10.2. The first kappa shape index (κ1) is 9.39. The number of pyridine rings is 1. The van der Waals surface area contributed by atoms with E-state index in [4.69, 9.17) is 5.21 Å². The summed E-state index contributed by atoms with van der Waals surface area (Å²) >= 11 is 3.28. The molecule has 4 nitrogen and oxygen atoms in total. The first-order valence-corrected chi connectivity index (χ1v) is 4.68. The van der Waals surface area contributed by atoms with E-state index in [1.54, 1.807) is 18.3 Å². The topological polar surface area (TPSA) is 59.4 Å². The maximum Gasteiger partial charge on any atom is 0.0845 e. The molecule has 0 fully saturated rings. The van der Waals surface area contributed by atoms with Crippen molar-refractivity contribution < 1.29 is 5.21 Å². The summed E-state index contributed by atoms with van der Waals surface area (Å²) in [6.07, 6.45) is 1.67. The molecule has 14 heavy (non-hydrogen) atoms. The highest BCUT2D eigenvalue weighted by atomic mass is 79.9. The first-order valence-electron chi connectivity index (χ1n) is 3.89. The van der Waals surface area contributed by atoms with E-state index in [1.807, 2.05) is 6.07 Å². The number of fused-ring (bicyclic) bond motifs is 1. The Bertz CT molecular complexity index is 473. The van der Waals surface area contributed by atoms with Crippen LogP contribution in [0.25, 0.3) is 10.9 Å².